The van der Waals surface area contributed by atoms with Gasteiger partial charge in [-0.25, -0.2) is 4.79 Å². The topological polar surface area (TPSA) is 86.7 Å². The molecule has 1 atom stereocenters. The van der Waals surface area contributed by atoms with Crippen LogP contribution >= 0.6 is 0 Å². The molecule has 19 heavy (non-hydrogen) atoms. The van der Waals surface area contributed by atoms with Gasteiger partial charge in [0.25, 0.3) is 0 Å². The highest BCUT2D eigenvalue weighted by Crippen LogP contribution is 2.16. The zero-order valence-corrected chi connectivity index (χ0v) is 11.4. The van der Waals surface area contributed by atoms with E-state index in [1.165, 1.54) is 0 Å². The molecule has 108 valence electrons. The Balaban J connectivity index is 2.23. The number of nitrogens with one attached hydrogen (secondary N) is 1. The molecule has 6 heteroatoms. The maximum atomic E-state index is 11.9. The van der Waals surface area contributed by atoms with Crippen molar-refractivity contribution in [2.24, 2.45) is 0 Å². The second kappa shape index (κ2) is 7.76. The minimum absolute atomic E-state index is 0.0599. The molecule has 1 heterocycles. The van der Waals surface area contributed by atoms with E-state index in [0.29, 0.717) is 19.4 Å². The van der Waals surface area contributed by atoms with Crippen molar-refractivity contribution in [3.8, 4) is 0 Å². The molecule has 0 aliphatic carbocycles. The summed E-state index contributed by atoms with van der Waals surface area (Å²) < 4.78 is 0. The van der Waals surface area contributed by atoms with Gasteiger partial charge in [-0.2, -0.15) is 0 Å². The highest BCUT2D eigenvalue weighted by molar-refractivity contribution is 5.94. The number of carbonyl (C=O) groups is 3. The van der Waals surface area contributed by atoms with E-state index in [1.807, 2.05) is 6.92 Å². The zero-order chi connectivity index (χ0) is 14.3. The van der Waals surface area contributed by atoms with Crippen molar-refractivity contribution in [1.29, 1.82) is 0 Å². The Morgan fingerprint density at radius 3 is 2.53 bits per heavy atom. The van der Waals surface area contributed by atoms with Crippen LogP contribution in [-0.4, -0.2) is 40.5 Å². The molecule has 1 rings (SSSR count). The minimum Gasteiger partial charge on any atom is -0.481 e. The number of carboxylic acid groups (broad SMARTS) is 1. The first kappa shape index (κ1) is 15.5. The Morgan fingerprint density at radius 2 is 1.89 bits per heavy atom. The average molecular weight is 270 g/mol. The summed E-state index contributed by atoms with van der Waals surface area (Å²) in [5.74, 6) is -1.19. The molecular weight excluding hydrogens is 248 g/mol. The molecule has 1 fully saturated rings. The number of unbranched alkanes of at least 4 members (excludes halogenated alkanes) is 1. The first-order valence-electron chi connectivity index (χ1n) is 6.83. The van der Waals surface area contributed by atoms with E-state index in [-0.39, 0.29) is 30.8 Å². The summed E-state index contributed by atoms with van der Waals surface area (Å²) in [6.45, 7) is 2.68. The molecule has 0 radical (unpaired) electrons. The molecule has 0 aromatic rings. The third kappa shape index (κ3) is 5.72. The maximum Gasteiger partial charge on any atom is 0.324 e. The number of aliphatic carboxylic acids is 1. The van der Waals surface area contributed by atoms with Gasteiger partial charge in [-0.1, -0.05) is 0 Å². The summed E-state index contributed by atoms with van der Waals surface area (Å²) >= 11 is 0. The van der Waals surface area contributed by atoms with Gasteiger partial charge in [-0.3, -0.25) is 14.9 Å². The minimum atomic E-state index is -0.862. The van der Waals surface area contributed by atoms with Gasteiger partial charge < -0.3 is 10.0 Å². The number of carbonyl (C=O) groups excluding carboxylic acids is 2. The molecule has 1 aliphatic rings. The van der Waals surface area contributed by atoms with Crippen molar-refractivity contribution in [2.45, 2.75) is 57.9 Å². The lowest BCUT2D eigenvalue weighted by atomic mass is 10.0. The molecule has 0 spiro atoms. The predicted molar refractivity (Wildman–Crippen MR) is 69.7 cm³/mol. The van der Waals surface area contributed by atoms with Crippen LogP contribution in [-0.2, 0) is 9.59 Å². The van der Waals surface area contributed by atoms with Gasteiger partial charge >= 0.3 is 12.0 Å². The van der Waals surface area contributed by atoms with Gasteiger partial charge in [-0.05, 0) is 39.0 Å². The standard InChI is InChI=1S/C13H22N2O4/c1-10-6-4-5-9-15(10)13(19)14-11(16)7-2-3-8-12(17)18/h10H,2-9H2,1H3,(H,17,18)(H,14,16,19). The second-order valence-corrected chi connectivity index (χ2v) is 4.99. The van der Waals surface area contributed by atoms with Crippen molar-refractivity contribution < 1.29 is 19.5 Å². The van der Waals surface area contributed by atoms with Crippen LogP contribution in [0.3, 0.4) is 0 Å². The quantitative estimate of drug-likeness (QED) is 0.745. The van der Waals surface area contributed by atoms with Crippen molar-refractivity contribution in [3.63, 3.8) is 0 Å². The molecule has 1 aliphatic heterocycles. The molecule has 0 saturated carbocycles. The molecule has 2 N–H and O–H groups in total. The van der Waals surface area contributed by atoms with E-state index in [4.69, 9.17) is 5.11 Å². The third-order valence-electron chi connectivity index (χ3n) is 3.35. The van der Waals surface area contributed by atoms with E-state index >= 15 is 0 Å². The van der Waals surface area contributed by atoms with Gasteiger partial charge in [0.05, 0.1) is 0 Å². The number of piperidine rings is 1. The van der Waals surface area contributed by atoms with Crippen molar-refractivity contribution in [1.82, 2.24) is 10.2 Å². The number of rotatable bonds is 5. The van der Waals surface area contributed by atoms with Crippen LogP contribution in [0.5, 0.6) is 0 Å². The monoisotopic (exact) mass is 270 g/mol. The lowest BCUT2D eigenvalue weighted by Crippen LogP contribution is -2.49. The number of likely N-dealkylation sites (tertiary alicyclic amines) is 1. The van der Waals surface area contributed by atoms with Gasteiger partial charge in [0.2, 0.25) is 5.91 Å². The normalized spacial score (nSPS) is 19.0. The van der Waals surface area contributed by atoms with Gasteiger partial charge in [0.15, 0.2) is 0 Å². The van der Waals surface area contributed by atoms with Crippen LogP contribution in [0.4, 0.5) is 4.79 Å². The summed E-state index contributed by atoms with van der Waals surface area (Å²) in [7, 11) is 0. The van der Waals surface area contributed by atoms with Gasteiger partial charge in [0.1, 0.15) is 0 Å². The fraction of sp³-hybridized carbons (Fsp3) is 0.769. The molecule has 1 saturated heterocycles. The third-order valence-corrected chi connectivity index (χ3v) is 3.35. The van der Waals surface area contributed by atoms with E-state index < -0.39 is 5.97 Å². The van der Waals surface area contributed by atoms with E-state index in [2.05, 4.69) is 5.32 Å². The first-order chi connectivity index (χ1) is 9.00. The van der Waals surface area contributed by atoms with Crippen molar-refractivity contribution in [3.05, 3.63) is 0 Å². The smallest absolute Gasteiger partial charge is 0.324 e. The largest absolute Gasteiger partial charge is 0.481 e. The number of amides is 3. The van der Waals surface area contributed by atoms with Crippen LogP contribution in [0.1, 0.15) is 51.9 Å². The van der Waals surface area contributed by atoms with Gasteiger partial charge in [0, 0.05) is 25.4 Å². The molecule has 0 bridgehead atoms. The Kier molecular flexibility index (Phi) is 6.32. The summed E-state index contributed by atoms with van der Waals surface area (Å²) in [4.78, 5) is 35.4. The molecule has 0 aromatic carbocycles. The molecule has 3 amide bonds. The number of carboxylic acids is 1. The lowest BCUT2D eigenvalue weighted by Gasteiger charge is -2.33. The van der Waals surface area contributed by atoms with E-state index in [0.717, 1.165) is 19.3 Å². The zero-order valence-electron chi connectivity index (χ0n) is 11.4. The Bertz CT molecular complexity index is 344. The number of hydrogen-bond acceptors (Lipinski definition) is 3. The summed E-state index contributed by atoms with van der Waals surface area (Å²) in [5, 5.41) is 10.8. The molecule has 6 nitrogen and oxygen atoms in total. The number of imide groups is 1. The van der Waals surface area contributed by atoms with Crippen LogP contribution in [0, 0.1) is 0 Å². The van der Waals surface area contributed by atoms with Crippen LogP contribution in [0.15, 0.2) is 0 Å². The first-order valence-corrected chi connectivity index (χ1v) is 6.83. The number of hydrogen-bond donors (Lipinski definition) is 2. The van der Waals surface area contributed by atoms with Crippen LogP contribution < -0.4 is 5.32 Å². The Morgan fingerprint density at radius 1 is 1.21 bits per heavy atom. The average Bonchev–Trinajstić information content (AvgIpc) is 2.35. The molecular formula is C13H22N2O4. The highest BCUT2D eigenvalue weighted by Gasteiger charge is 2.24. The summed E-state index contributed by atoms with van der Waals surface area (Å²) in [6, 6.07) is -0.149. The number of nitrogens with zero attached hydrogens (tertiary/aromatic N) is 1. The lowest BCUT2D eigenvalue weighted by molar-refractivity contribution is -0.137. The highest BCUT2D eigenvalue weighted by atomic mass is 16.4. The fourth-order valence-electron chi connectivity index (χ4n) is 2.22. The number of urea groups is 1. The fourth-order valence-corrected chi connectivity index (χ4v) is 2.22. The Hall–Kier alpha value is -1.59. The van der Waals surface area contributed by atoms with Crippen LogP contribution in [0.25, 0.3) is 0 Å². The van der Waals surface area contributed by atoms with Gasteiger partial charge in [-0.15, -0.1) is 0 Å². The van der Waals surface area contributed by atoms with Crippen molar-refractivity contribution >= 4 is 17.9 Å². The van der Waals surface area contributed by atoms with Crippen molar-refractivity contribution in [2.75, 3.05) is 6.54 Å². The predicted octanol–water partition coefficient (Wildman–Crippen LogP) is 1.74. The summed E-state index contributed by atoms with van der Waals surface area (Å²) in [5.41, 5.74) is 0. The van der Waals surface area contributed by atoms with E-state index in [1.54, 1.807) is 4.90 Å². The SMILES string of the molecule is CC1CCCCN1C(=O)NC(=O)CCCCC(=O)O. The van der Waals surface area contributed by atoms with E-state index in [9.17, 15) is 14.4 Å². The molecule has 0 aromatic heterocycles. The maximum absolute atomic E-state index is 11.9. The summed E-state index contributed by atoms with van der Waals surface area (Å²) in [6.07, 6.45) is 4.27. The Labute approximate surface area is 113 Å². The second-order valence-electron chi connectivity index (χ2n) is 4.99. The molecule has 1 unspecified atom stereocenters. The van der Waals surface area contributed by atoms with Crippen LogP contribution in [0.2, 0.25) is 0 Å².